The summed E-state index contributed by atoms with van der Waals surface area (Å²) in [5.41, 5.74) is 2.43. The molecule has 0 spiro atoms. The molecule has 8 atom stereocenters. The smallest absolute Gasteiger partial charge is 0.102 e. The topological polar surface area (TPSA) is 29.5 Å². The Labute approximate surface area is 191 Å². The van der Waals surface area contributed by atoms with Gasteiger partial charge in [0.1, 0.15) is 5.76 Å². The van der Waals surface area contributed by atoms with E-state index < -0.39 is 0 Å². The Bertz CT molecular complexity index is 733. The van der Waals surface area contributed by atoms with E-state index in [9.17, 15) is 5.11 Å². The first-order valence-electron chi connectivity index (χ1n) is 13.1. The van der Waals surface area contributed by atoms with Gasteiger partial charge in [-0.3, -0.25) is 0 Å². The van der Waals surface area contributed by atoms with E-state index in [4.69, 9.17) is 4.74 Å². The standard InChI is InChI=1S/C29H46O2/c1-7-31-27(19(2)3)13-8-20(4)24-11-12-25-23-10-9-21-18-22(30)14-16-28(21,5)26(23)15-17-29(24,25)6/h7,9,13,19-20,22-26,30H,1,8,10-12,14-18H2,2-6H3. The number of rotatable bonds is 6. The molecule has 4 rings (SSSR count). The summed E-state index contributed by atoms with van der Waals surface area (Å²) in [5, 5.41) is 10.2. The van der Waals surface area contributed by atoms with Crippen LogP contribution in [0.25, 0.3) is 0 Å². The Morgan fingerprint density at radius 3 is 2.65 bits per heavy atom. The van der Waals surface area contributed by atoms with Crippen LogP contribution in [0.5, 0.6) is 0 Å². The lowest BCUT2D eigenvalue weighted by atomic mass is 9.47. The zero-order valence-electron chi connectivity index (χ0n) is 20.7. The van der Waals surface area contributed by atoms with Crippen LogP contribution in [0.4, 0.5) is 0 Å². The summed E-state index contributed by atoms with van der Waals surface area (Å²) in [6, 6.07) is 0. The number of aliphatic hydroxyl groups excluding tert-OH is 1. The van der Waals surface area contributed by atoms with E-state index >= 15 is 0 Å². The Hall–Kier alpha value is -1.02. The zero-order chi connectivity index (χ0) is 22.4. The van der Waals surface area contributed by atoms with Gasteiger partial charge in [0, 0.05) is 5.92 Å². The van der Waals surface area contributed by atoms with Gasteiger partial charge < -0.3 is 9.84 Å². The van der Waals surface area contributed by atoms with Crippen LogP contribution in [0.1, 0.15) is 92.4 Å². The molecular weight excluding hydrogens is 380 g/mol. The molecule has 3 saturated carbocycles. The Balaban J connectivity index is 1.50. The van der Waals surface area contributed by atoms with Gasteiger partial charge in [-0.1, -0.05) is 52.8 Å². The van der Waals surface area contributed by atoms with Crippen molar-refractivity contribution >= 4 is 0 Å². The molecule has 2 heteroatoms. The third-order valence-corrected chi connectivity index (χ3v) is 10.3. The Morgan fingerprint density at radius 2 is 1.94 bits per heavy atom. The Morgan fingerprint density at radius 1 is 1.16 bits per heavy atom. The van der Waals surface area contributed by atoms with E-state index in [2.05, 4.69) is 53.3 Å². The summed E-state index contributed by atoms with van der Waals surface area (Å²) in [6.07, 6.45) is 17.4. The van der Waals surface area contributed by atoms with E-state index in [0.717, 1.165) is 48.7 Å². The first kappa shape index (κ1) is 23.1. The highest BCUT2D eigenvalue weighted by Gasteiger charge is 2.59. The molecule has 0 aromatic carbocycles. The lowest BCUT2D eigenvalue weighted by molar-refractivity contribution is -0.0565. The summed E-state index contributed by atoms with van der Waals surface area (Å²) in [5.74, 6) is 5.56. The molecule has 2 nitrogen and oxygen atoms in total. The van der Waals surface area contributed by atoms with Crippen LogP contribution in [0.2, 0.25) is 0 Å². The highest BCUT2D eigenvalue weighted by molar-refractivity contribution is 5.25. The van der Waals surface area contributed by atoms with Gasteiger partial charge in [0.15, 0.2) is 0 Å². The maximum absolute atomic E-state index is 10.2. The van der Waals surface area contributed by atoms with Gasteiger partial charge in [-0.25, -0.2) is 0 Å². The monoisotopic (exact) mass is 426 g/mol. The van der Waals surface area contributed by atoms with Crippen LogP contribution in [0, 0.1) is 46.3 Å². The largest absolute Gasteiger partial charge is 0.470 e. The molecule has 1 N–H and O–H groups in total. The second-order valence-corrected chi connectivity index (χ2v) is 12.1. The fourth-order valence-corrected chi connectivity index (χ4v) is 8.60. The fraction of sp³-hybridized carbons (Fsp3) is 0.793. The molecule has 0 aromatic rings. The maximum Gasteiger partial charge on any atom is 0.102 e. The molecule has 4 aliphatic carbocycles. The van der Waals surface area contributed by atoms with Crippen LogP contribution in [0.3, 0.4) is 0 Å². The number of hydrogen-bond donors (Lipinski definition) is 1. The fourth-order valence-electron chi connectivity index (χ4n) is 8.60. The summed E-state index contributed by atoms with van der Waals surface area (Å²) < 4.78 is 5.69. The third kappa shape index (κ3) is 3.96. The molecule has 4 aliphatic rings. The van der Waals surface area contributed by atoms with Crippen molar-refractivity contribution in [1.29, 1.82) is 0 Å². The van der Waals surface area contributed by atoms with Crippen molar-refractivity contribution in [1.82, 2.24) is 0 Å². The third-order valence-electron chi connectivity index (χ3n) is 10.3. The highest BCUT2D eigenvalue weighted by Crippen LogP contribution is 2.67. The van der Waals surface area contributed by atoms with Crippen molar-refractivity contribution in [2.45, 2.75) is 98.5 Å². The van der Waals surface area contributed by atoms with E-state index in [1.54, 1.807) is 11.8 Å². The minimum atomic E-state index is -0.102. The number of allylic oxidation sites excluding steroid dienone is 3. The van der Waals surface area contributed by atoms with Gasteiger partial charge in [0.2, 0.25) is 0 Å². The minimum absolute atomic E-state index is 0.102. The average molecular weight is 427 g/mol. The van der Waals surface area contributed by atoms with E-state index in [1.165, 1.54) is 38.5 Å². The van der Waals surface area contributed by atoms with Crippen molar-refractivity contribution in [3.8, 4) is 0 Å². The van der Waals surface area contributed by atoms with Crippen LogP contribution in [-0.4, -0.2) is 11.2 Å². The predicted molar refractivity (Wildman–Crippen MR) is 129 cm³/mol. The summed E-state index contributed by atoms with van der Waals surface area (Å²) in [6.45, 7) is 15.8. The lowest BCUT2D eigenvalue weighted by Gasteiger charge is -2.58. The normalized spacial score (nSPS) is 43.5. The summed E-state index contributed by atoms with van der Waals surface area (Å²) >= 11 is 0. The predicted octanol–water partition coefficient (Wildman–Crippen LogP) is 7.65. The SMILES string of the molecule is C=COC(=CCC(C)C1CCC2C3CC=C4CC(O)CCC4(C)C3CCC12C)C(C)C. The minimum Gasteiger partial charge on any atom is -0.470 e. The number of fused-ring (bicyclic) bond motifs is 5. The first-order chi connectivity index (χ1) is 14.7. The van der Waals surface area contributed by atoms with Crippen LogP contribution >= 0.6 is 0 Å². The van der Waals surface area contributed by atoms with Crippen LogP contribution in [0.15, 0.2) is 36.3 Å². The molecule has 0 saturated heterocycles. The molecule has 31 heavy (non-hydrogen) atoms. The maximum atomic E-state index is 10.2. The van der Waals surface area contributed by atoms with Crippen LogP contribution in [-0.2, 0) is 4.74 Å². The summed E-state index contributed by atoms with van der Waals surface area (Å²) in [7, 11) is 0. The molecule has 0 heterocycles. The highest BCUT2D eigenvalue weighted by atomic mass is 16.5. The van der Waals surface area contributed by atoms with Gasteiger partial charge in [0.25, 0.3) is 0 Å². The van der Waals surface area contributed by atoms with Crippen molar-refractivity contribution in [2.24, 2.45) is 46.3 Å². The van der Waals surface area contributed by atoms with Crippen molar-refractivity contribution in [3.63, 3.8) is 0 Å². The van der Waals surface area contributed by atoms with Crippen molar-refractivity contribution < 1.29 is 9.84 Å². The molecule has 0 aromatic heterocycles. The molecule has 0 bridgehead atoms. The van der Waals surface area contributed by atoms with Gasteiger partial charge in [0.05, 0.1) is 12.4 Å². The second kappa shape index (κ2) is 8.73. The van der Waals surface area contributed by atoms with Gasteiger partial charge >= 0.3 is 0 Å². The van der Waals surface area contributed by atoms with E-state index in [-0.39, 0.29) is 6.10 Å². The molecule has 0 radical (unpaired) electrons. The molecule has 8 unspecified atom stereocenters. The molecular formula is C29H46O2. The van der Waals surface area contributed by atoms with Crippen LogP contribution < -0.4 is 0 Å². The zero-order valence-corrected chi connectivity index (χ0v) is 20.7. The van der Waals surface area contributed by atoms with Gasteiger partial charge in [-0.2, -0.15) is 0 Å². The molecule has 0 amide bonds. The van der Waals surface area contributed by atoms with Gasteiger partial charge in [-0.15, -0.1) is 0 Å². The molecule has 174 valence electrons. The lowest BCUT2D eigenvalue weighted by Crippen LogP contribution is -2.50. The van der Waals surface area contributed by atoms with Crippen molar-refractivity contribution in [2.75, 3.05) is 0 Å². The summed E-state index contributed by atoms with van der Waals surface area (Å²) in [4.78, 5) is 0. The number of hydrogen-bond acceptors (Lipinski definition) is 2. The molecule has 0 aliphatic heterocycles. The van der Waals surface area contributed by atoms with Crippen molar-refractivity contribution in [3.05, 3.63) is 36.3 Å². The first-order valence-corrected chi connectivity index (χ1v) is 13.1. The number of ether oxygens (including phenoxy) is 1. The Kier molecular flexibility index (Phi) is 6.52. The quantitative estimate of drug-likeness (QED) is 0.349. The van der Waals surface area contributed by atoms with E-state index in [0.29, 0.717) is 22.7 Å². The van der Waals surface area contributed by atoms with Gasteiger partial charge in [-0.05, 0) is 104 Å². The van der Waals surface area contributed by atoms with E-state index in [1.807, 2.05) is 0 Å². The second-order valence-electron chi connectivity index (χ2n) is 12.1. The number of aliphatic hydroxyl groups is 1. The average Bonchev–Trinajstić information content (AvgIpc) is 3.08. The molecule has 3 fully saturated rings.